The highest BCUT2D eigenvalue weighted by atomic mass is 35.5. The fourth-order valence-corrected chi connectivity index (χ4v) is 3.42. The number of hydrogen-bond acceptors (Lipinski definition) is 4. The Bertz CT molecular complexity index is 666. The number of aliphatic hydroxyl groups excluding tert-OH is 1. The van der Waals surface area contributed by atoms with E-state index < -0.39 is 0 Å². The number of carbonyl (C=O) groups is 1. The predicted molar refractivity (Wildman–Crippen MR) is 83.4 cm³/mol. The summed E-state index contributed by atoms with van der Waals surface area (Å²) in [5.41, 5.74) is 1.02. The van der Waals surface area contributed by atoms with Crippen LogP contribution in [0.15, 0.2) is 23.6 Å². The van der Waals surface area contributed by atoms with Crippen LogP contribution >= 0.6 is 34.3 Å². The van der Waals surface area contributed by atoms with E-state index in [1.54, 1.807) is 24.1 Å². The van der Waals surface area contributed by atoms with Crippen LogP contribution < -0.4 is 0 Å². The van der Waals surface area contributed by atoms with Gasteiger partial charge in [0.05, 0.1) is 14.1 Å². The molecule has 2 heterocycles. The van der Waals surface area contributed by atoms with Gasteiger partial charge >= 0.3 is 0 Å². The first-order valence-corrected chi connectivity index (χ1v) is 7.85. The van der Waals surface area contributed by atoms with Gasteiger partial charge in [-0.05, 0) is 29.1 Å². The molecule has 0 saturated carbocycles. The van der Waals surface area contributed by atoms with Gasteiger partial charge in [0.2, 0.25) is 0 Å². The molecule has 0 atom stereocenters. The number of thiophene rings is 2. The van der Waals surface area contributed by atoms with Crippen molar-refractivity contribution < 1.29 is 9.90 Å². The lowest BCUT2D eigenvalue weighted by Gasteiger charge is -2.15. The summed E-state index contributed by atoms with van der Waals surface area (Å²) in [6.45, 7) is 0.371. The average molecular weight is 326 g/mol. The molecule has 0 spiro atoms. The minimum atomic E-state index is -0.148. The lowest BCUT2D eigenvalue weighted by atomic mass is 10.3. The van der Waals surface area contributed by atoms with Gasteiger partial charge in [0.25, 0.3) is 5.91 Å². The second-order valence-electron chi connectivity index (χ2n) is 4.04. The fourth-order valence-electron chi connectivity index (χ4n) is 1.61. The van der Waals surface area contributed by atoms with Gasteiger partial charge in [-0.3, -0.25) is 4.79 Å². The third-order valence-electron chi connectivity index (χ3n) is 2.49. The second kappa shape index (κ2) is 6.91. The van der Waals surface area contributed by atoms with Crippen LogP contribution in [0.1, 0.15) is 20.1 Å². The fraction of sp³-hybridized carbons (Fsp3) is 0.214. The van der Waals surface area contributed by atoms with Crippen molar-refractivity contribution in [3.8, 4) is 11.8 Å². The SMILES string of the molecule is CN(Cc1csc(C#CCO)c1)C(=O)c1ccc(Cl)s1. The molecular weight excluding hydrogens is 314 g/mol. The van der Waals surface area contributed by atoms with E-state index in [9.17, 15) is 4.79 Å². The molecule has 1 N–H and O–H groups in total. The van der Waals surface area contributed by atoms with E-state index in [0.29, 0.717) is 15.8 Å². The molecule has 1 amide bonds. The van der Waals surface area contributed by atoms with E-state index in [-0.39, 0.29) is 12.5 Å². The minimum Gasteiger partial charge on any atom is -0.384 e. The Kier molecular flexibility index (Phi) is 5.21. The summed E-state index contributed by atoms with van der Waals surface area (Å²) >= 11 is 8.61. The molecule has 0 fully saturated rings. The first kappa shape index (κ1) is 15.1. The molecule has 20 heavy (non-hydrogen) atoms. The predicted octanol–water partition coefficient (Wildman–Crippen LogP) is 3.08. The smallest absolute Gasteiger partial charge is 0.264 e. The molecule has 0 bridgehead atoms. The molecule has 0 aliphatic rings. The molecule has 2 aromatic rings. The van der Waals surface area contributed by atoms with Crippen LogP contribution in [0.5, 0.6) is 0 Å². The summed E-state index contributed by atoms with van der Waals surface area (Å²) < 4.78 is 0.610. The van der Waals surface area contributed by atoms with Gasteiger partial charge in [-0.15, -0.1) is 22.7 Å². The molecule has 0 aliphatic heterocycles. The Balaban J connectivity index is 2.02. The second-order valence-corrected chi connectivity index (χ2v) is 6.67. The van der Waals surface area contributed by atoms with E-state index in [1.165, 1.54) is 22.7 Å². The average Bonchev–Trinajstić information content (AvgIpc) is 3.04. The molecule has 0 aromatic carbocycles. The van der Waals surface area contributed by atoms with Crippen molar-refractivity contribution in [2.75, 3.05) is 13.7 Å². The molecule has 2 rings (SSSR count). The van der Waals surface area contributed by atoms with E-state index in [0.717, 1.165) is 10.4 Å². The van der Waals surface area contributed by atoms with Gasteiger partial charge < -0.3 is 10.0 Å². The number of amides is 1. The number of carbonyl (C=O) groups excluding carboxylic acids is 1. The van der Waals surface area contributed by atoms with Gasteiger partial charge in [0.1, 0.15) is 6.61 Å². The van der Waals surface area contributed by atoms with Crippen molar-refractivity contribution in [2.45, 2.75) is 6.54 Å². The molecule has 104 valence electrons. The van der Waals surface area contributed by atoms with Crippen molar-refractivity contribution in [2.24, 2.45) is 0 Å². The van der Waals surface area contributed by atoms with Crippen molar-refractivity contribution in [1.82, 2.24) is 4.90 Å². The monoisotopic (exact) mass is 325 g/mol. The molecule has 3 nitrogen and oxygen atoms in total. The highest BCUT2D eigenvalue weighted by Gasteiger charge is 2.14. The van der Waals surface area contributed by atoms with Gasteiger partial charge in [-0.1, -0.05) is 23.4 Å². The van der Waals surface area contributed by atoms with E-state index in [2.05, 4.69) is 11.8 Å². The van der Waals surface area contributed by atoms with Crippen molar-refractivity contribution in [3.63, 3.8) is 0 Å². The standard InChI is InChI=1S/C14H12ClNO2S2/c1-16(14(18)12-4-5-13(15)20-12)8-10-7-11(19-9-10)3-2-6-17/h4-5,7,9,17H,6,8H2,1H3. The summed E-state index contributed by atoms with van der Waals surface area (Å²) in [4.78, 5) is 15.3. The minimum absolute atomic E-state index is 0.0453. The highest BCUT2D eigenvalue weighted by molar-refractivity contribution is 7.18. The van der Waals surface area contributed by atoms with Gasteiger partial charge in [-0.2, -0.15) is 0 Å². The number of aliphatic hydroxyl groups is 1. The van der Waals surface area contributed by atoms with Crippen LogP contribution in [-0.4, -0.2) is 29.6 Å². The topological polar surface area (TPSA) is 40.5 Å². The Morgan fingerprint density at radius 3 is 2.95 bits per heavy atom. The maximum atomic E-state index is 12.2. The summed E-state index contributed by atoms with van der Waals surface area (Å²) in [5.74, 6) is 5.41. The molecule has 0 unspecified atom stereocenters. The number of hydrogen-bond donors (Lipinski definition) is 1. The van der Waals surface area contributed by atoms with E-state index >= 15 is 0 Å². The van der Waals surface area contributed by atoms with Gasteiger partial charge in [-0.25, -0.2) is 0 Å². The van der Waals surface area contributed by atoms with E-state index in [4.69, 9.17) is 16.7 Å². The van der Waals surface area contributed by atoms with Gasteiger partial charge in [0.15, 0.2) is 0 Å². The third kappa shape index (κ3) is 3.84. The van der Waals surface area contributed by atoms with Gasteiger partial charge in [0, 0.05) is 13.6 Å². The zero-order valence-corrected chi connectivity index (χ0v) is 13.1. The number of nitrogens with zero attached hydrogens (tertiary/aromatic N) is 1. The maximum absolute atomic E-state index is 12.2. The van der Waals surface area contributed by atoms with Crippen LogP contribution in [0.25, 0.3) is 0 Å². The van der Waals surface area contributed by atoms with Crippen LogP contribution in [0.4, 0.5) is 0 Å². The first-order chi connectivity index (χ1) is 9.60. The Labute approximate surface area is 130 Å². The Hall–Kier alpha value is -1.32. The van der Waals surface area contributed by atoms with Crippen LogP contribution in [-0.2, 0) is 6.54 Å². The molecule has 0 radical (unpaired) electrons. The summed E-state index contributed by atoms with van der Waals surface area (Å²) in [6, 6.07) is 5.39. The molecule has 6 heteroatoms. The lowest BCUT2D eigenvalue weighted by Crippen LogP contribution is -2.25. The summed E-state index contributed by atoms with van der Waals surface area (Å²) in [7, 11) is 1.76. The van der Waals surface area contributed by atoms with Crippen LogP contribution in [0, 0.1) is 11.8 Å². The van der Waals surface area contributed by atoms with Crippen molar-refractivity contribution in [1.29, 1.82) is 0 Å². The summed E-state index contributed by atoms with van der Waals surface area (Å²) in [6.07, 6.45) is 0. The van der Waals surface area contributed by atoms with Crippen LogP contribution in [0.3, 0.4) is 0 Å². The maximum Gasteiger partial charge on any atom is 0.264 e. The van der Waals surface area contributed by atoms with Crippen molar-refractivity contribution in [3.05, 3.63) is 43.2 Å². The number of halogens is 1. The first-order valence-electron chi connectivity index (χ1n) is 5.78. The molecule has 2 aromatic heterocycles. The molecular formula is C14H12ClNO2S2. The Morgan fingerprint density at radius 1 is 1.50 bits per heavy atom. The zero-order valence-electron chi connectivity index (χ0n) is 10.7. The highest BCUT2D eigenvalue weighted by Crippen LogP contribution is 2.23. The molecule has 0 saturated heterocycles. The summed E-state index contributed by atoms with van der Waals surface area (Å²) in [5, 5.41) is 10.6. The largest absolute Gasteiger partial charge is 0.384 e. The normalized spacial score (nSPS) is 9.95. The number of rotatable bonds is 3. The quantitative estimate of drug-likeness (QED) is 0.881. The van der Waals surface area contributed by atoms with Crippen LogP contribution in [0.2, 0.25) is 4.34 Å². The lowest BCUT2D eigenvalue weighted by molar-refractivity contribution is 0.0790. The zero-order chi connectivity index (χ0) is 14.5. The Morgan fingerprint density at radius 2 is 2.30 bits per heavy atom. The van der Waals surface area contributed by atoms with E-state index in [1.807, 2.05) is 11.4 Å². The molecule has 0 aliphatic carbocycles. The van der Waals surface area contributed by atoms with Crippen molar-refractivity contribution >= 4 is 40.2 Å². The third-order valence-corrected chi connectivity index (χ3v) is 4.61.